The predicted octanol–water partition coefficient (Wildman–Crippen LogP) is 2.60. The van der Waals surface area contributed by atoms with E-state index in [0.29, 0.717) is 18.7 Å². The number of hydrogen-bond donors (Lipinski definition) is 1. The number of carbonyl (C=O) groups is 1. The van der Waals surface area contributed by atoms with Gasteiger partial charge in [0.2, 0.25) is 15.9 Å². The Labute approximate surface area is 147 Å². The summed E-state index contributed by atoms with van der Waals surface area (Å²) in [4.78, 5) is 12.8. The molecule has 134 valence electrons. The van der Waals surface area contributed by atoms with Gasteiger partial charge in [-0.2, -0.15) is 4.31 Å². The first kappa shape index (κ1) is 17.7. The molecule has 1 aliphatic rings. The number of hydrogen-bond acceptors (Lipinski definition) is 4. The number of ether oxygens (including phenoxy) is 1. The van der Waals surface area contributed by atoms with Crippen molar-refractivity contribution in [3.8, 4) is 5.75 Å². The van der Waals surface area contributed by atoms with Gasteiger partial charge in [-0.1, -0.05) is 30.7 Å². The van der Waals surface area contributed by atoms with Crippen LogP contribution >= 0.6 is 0 Å². The number of amides is 1. The molecular weight excluding hydrogens is 340 g/mol. The fraction of sp³-hybridized carbons (Fsp3) is 0.389. The molecule has 2 aromatic rings. The molecule has 0 radical (unpaired) electrons. The Bertz CT molecular complexity index is 895. The van der Waals surface area contributed by atoms with Crippen LogP contribution in [0, 0.1) is 0 Å². The highest BCUT2D eigenvalue weighted by molar-refractivity contribution is 7.88. The molecule has 0 unspecified atom stereocenters. The summed E-state index contributed by atoms with van der Waals surface area (Å²) in [5.41, 5.74) is 0.653. The molecule has 0 bridgehead atoms. The highest BCUT2D eigenvalue weighted by Gasteiger charge is 2.34. The number of fused-ring (bicyclic) bond motifs is 1. The molecule has 0 saturated carbocycles. The number of nitrogens with one attached hydrogen (secondary N) is 1. The molecule has 1 aliphatic heterocycles. The summed E-state index contributed by atoms with van der Waals surface area (Å²) in [6.45, 7) is 0.389. The van der Waals surface area contributed by atoms with Gasteiger partial charge in [0, 0.05) is 23.0 Å². The normalized spacial score (nSPS) is 18.9. The molecule has 0 aromatic heterocycles. The van der Waals surface area contributed by atoms with Gasteiger partial charge in [0.05, 0.1) is 13.4 Å². The topological polar surface area (TPSA) is 75.7 Å². The monoisotopic (exact) mass is 362 g/mol. The average molecular weight is 362 g/mol. The van der Waals surface area contributed by atoms with Crippen molar-refractivity contribution in [1.82, 2.24) is 4.31 Å². The summed E-state index contributed by atoms with van der Waals surface area (Å²) in [6.07, 6.45) is 3.31. The Hall–Kier alpha value is -2.12. The van der Waals surface area contributed by atoms with Gasteiger partial charge in [-0.3, -0.25) is 4.79 Å². The van der Waals surface area contributed by atoms with E-state index in [1.807, 2.05) is 24.3 Å². The van der Waals surface area contributed by atoms with Crippen molar-refractivity contribution in [3.05, 3.63) is 36.4 Å². The molecule has 1 N–H and O–H groups in total. The van der Waals surface area contributed by atoms with E-state index in [-0.39, 0.29) is 5.91 Å². The minimum absolute atomic E-state index is 0.291. The summed E-state index contributed by atoms with van der Waals surface area (Å²) in [5.74, 6) is 0.435. The molecular formula is C18H22N2O4S. The number of sulfonamides is 1. The molecule has 3 rings (SSSR count). The van der Waals surface area contributed by atoms with Crippen LogP contribution in [0.5, 0.6) is 5.75 Å². The van der Waals surface area contributed by atoms with Crippen LogP contribution in [0.3, 0.4) is 0 Å². The van der Waals surface area contributed by atoms with Crippen LogP contribution < -0.4 is 10.1 Å². The van der Waals surface area contributed by atoms with Crippen LogP contribution in [-0.4, -0.2) is 44.6 Å². The smallest absolute Gasteiger partial charge is 0.242 e. The quantitative estimate of drug-likeness (QED) is 0.907. The fourth-order valence-electron chi connectivity index (χ4n) is 3.34. The number of nitrogens with zero attached hydrogens (tertiary/aromatic N) is 1. The number of carbonyl (C=O) groups excluding carboxylic acids is 1. The SMILES string of the molecule is COc1ccc(NC(=O)[C@H]2CCCCN2S(C)(=O)=O)c2ccccc12. The molecule has 1 fully saturated rings. The van der Waals surface area contributed by atoms with Crippen molar-refractivity contribution in [3.63, 3.8) is 0 Å². The van der Waals surface area contributed by atoms with Crippen LogP contribution in [0.15, 0.2) is 36.4 Å². The van der Waals surface area contributed by atoms with E-state index in [1.165, 1.54) is 4.31 Å². The summed E-state index contributed by atoms with van der Waals surface area (Å²) < 4.78 is 30.6. The van der Waals surface area contributed by atoms with Gasteiger partial charge in [0.1, 0.15) is 11.8 Å². The lowest BCUT2D eigenvalue weighted by molar-refractivity contribution is -0.120. The van der Waals surface area contributed by atoms with Gasteiger partial charge < -0.3 is 10.1 Å². The third-order valence-electron chi connectivity index (χ3n) is 4.54. The third kappa shape index (κ3) is 3.62. The van der Waals surface area contributed by atoms with E-state index in [4.69, 9.17) is 4.74 Å². The second kappa shape index (κ2) is 7.01. The lowest BCUT2D eigenvalue weighted by Gasteiger charge is -2.32. The van der Waals surface area contributed by atoms with E-state index >= 15 is 0 Å². The highest BCUT2D eigenvalue weighted by atomic mass is 32.2. The number of anilines is 1. The zero-order chi connectivity index (χ0) is 18.0. The molecule has 1 saturated heterocycles. The zero-order valence-electron chi connectivity index (χ0n) is 14.4. The maximum atomic E-state index is 12.8. The minimum atomic E-state index is -3.41. The molecule has 6 nitrogen and oxygen atoms in total. The van der Waals surface area contributed by atoms with Crippen LogP contribution in [0.2, 0.25) is 0 Å². The maximum absolute atomic E-state index is 12.8. The number of rotatable bonds is 4. The van der Waals surface area contributed by atoms with E-state index in [9.17, 15) is 13.2 Å². The van der Waals surface area contributed by atoms with E-state index < -0.39 is 16.1 Å². The first-order valence-corrected chi connectivity index (χ1v) is 10.1. The first-order valence-electron chi connectivity index (χ1n) is 8.25. The Morgan fingerprint density at radius 1 is 1.16 bits per heavy atom. The Kier molecular flexibility index (Phi) is 4.96. The van der Waals surface area contributed by atoms with Crippen LogP contribution in [0.4, 0.5) is 5.69 Å². The zero-order valence-corrected chi connectivity index (χ0v) is 15.2. The molecule has 7 heteroatoms. The number of methoxy groups -OCH3 is 1. The Balaban J connectivity index is 1.92. The van der Waals surface area contributed by atoms with Gasteiger partial charge in [0.25, 0.3) is 0 Å². The average Bonchev–Trinajstić information content (AvgIpc) is 2.61. The minimum Gasteiger partial charge on any atom is -0.496 e. The molecule has 25 heavy (non-hydrogen) atoms. The van der Waals surface area contributed by atoms with Crippen LogP contribution in [-0.2, 0) is 14.8 Å². The molecule has 0 spiro atoms. The summed E-state index contributed by atoms with van der Waals surface area (Å²) in [5, 5.41) is 4.66. The second-order valence-electron chi connectivity index (χ2n) is 6.24. The van der Waals surface area contributed by atoms with Crippen molar-refractivity contribution >= 4 is 32.4 Å². The fourth-order valence-corrected chi connectivity index (χ4v) is 4.46. The summed E-state index contributed by atoms with van der Waals surface area (Å²) >= 11 is 0. The summed E-state index contributed by atoms with van der Waals surface area (Å²) in [6, 6.07) is 10.5. The van der Waals surface area contributed by atoms with Crippen molar-refractivity contribution in [1.29, 1.82) is 0 Å². The summed E-state index contributed by atoms with van der Waals surface area (Å²) in [7, 11) is -1.81. The van der Waals surface area contributed by atoms with E-state index in [1.54, 1.807) is 19.2 Å². The number of benzene rings is 2. The maximum Gasteiger partial charge on any atom is 0.242 e. The molecule has 1 amide bonds. The van der Waals surface area contributed by atoms with E-state index in [0.717, 1.165) is 35.6 Å². The van der Waals surface area contributed by atoms with Crippen molar-refractivity contribution in [2.75, 3.05) is 25.2 Å². The predicted molar refractivity (Wildman–Crippen MR) is 98.3 cm³/mol. The Morgan fingerprint density at radius 2 is 1.88 bits per heavy atom. The van der Waals surface area contributed by atoms with Crippen LogP contribution in [0.25, 0.3) is 10.8 Å². The van der Waals surface area contributed by atoms with E-state index in [2.05, 4.69) is 5.32 Å². The van der Waals surface area contributed by atoms with Crippen LogP contribution in [0.1, 0.15) is 19.3 Å². The lowest BCUT2D eigenvalue weighted by Crippen LogP contribution is -2.49. The lowest BCUT2D eigenvalue weighted by atomic mass is 10.0. The van der Waals surface area contributed by atoms with Gasteiger partial charge >= 0.3 is 0 Å². The van der Waals surface area contributed by atoms with Crippen molar-refractivity contribution in [2.45, 2.75) is 25.3 Å². The Morgan fingerprint density at radius 3 is 2.56 bits per heavy atom. The molecule has 0 aliphatic carbocycles. The van der Waals surface area contributed by atoms with Crippen molar-refractivity contribution in [2.24, 2.45) is 0 Å². The molecule has 1 heterocycles. The highest BCUT2D eigenvalue weighted by Crippen LogP contribution is 2.32. The van der Waals surface area contributed by atoms with Gasteiger partial charge in [-0.05, 0) is 25.0 Å². The van der Waals surface area contributed by atoms with Crippen molar-refractivity contribution < 1.29 is 17.9 Å². The standard InChI is InChI=1S/C18H22N2O4S/c1-24-17-11-10-15(13-7-3-4-8-14(13)17)19-18(21)16-9-5-6-12-20(16)25(2,22)23/h3-4,7-8,10-11,16H,5-6,9,12H2,1-2H3,(H,19,21)/t16-/m1/s1. The largest absolute Gasteiger partial charge is 0.496 e. The van der Waals surface area contributed by atoms with Gasteiger partial charge in [-0.25, -0.2) is 8.42 Å². The second-order valence-corrected chi connectivity index (χ2v) is 8.17. The molecule has 2 aromatic carbocycles. The van der Waals surface area contributed by atoms with Gasteiger partial charge in [0.15, 0.2) is 0 Å². The van der Waals surface area contributed by atoms with Gasteiger partial charge in [-0.15, -0.1) is 0 Å². The third-order valence-corrected chi connectivity index (χ3v) is 5.83. The first-order chi connectivity index (χ1) is 11.9. The number of piperidine rings is 1. The molecule has 1 atom stereocenters.